The second kappa shape index (κ2) is 6.84. The van der Waals surface area contributed by atoms with Crippen molar-refractivity contribution >= 4 is 18.7 Å². The third kappa shape index (κ3) is 6.52. The number of likely N-dealkylation sites (N-methyl/N-ethyl adjacent to an activating group) is 1. The van der Waals surface area contributed by atoms with Crippen molar-refractivity contribution in [2.75, 3.05) is 20.6 Å². The Bertz CT molecular complexity index is 553. The van der Waals surface area contributed by atoms with Gasteiger partial charge >= 0.3 is 7.82 Å². The molecule has 1 aromatic carbocycles. The molecule has 0 fully saturated rings. The Hall–Kier alpha value is -1.17. The fourth-order valence-corrected chi connectivity index (χ4v) is 1.68. The summed E-state index contributed by atoms with van der Waals surface area (Å²) in [5.41, 5.74) is 2.65. The molecular weight excluding hydrogens is 267 g/mol. The fourth-order valence-electron chi connectivity index (χ4n) is 1.68. The average Bonchev–Trinajstić information content (AvgIpc) is 2.67. The number of nitrogens with zero attached hydrogens (tertiary/aromatic N) is 1. The lowest BCUT2D eigenvalue weighted by Gasteiger charge is -2.07. The predicted octanol–water partition coefficient (Wildman–Crippen LogP) is 1.34. The lowest BCUT2D eigenvalue weighted by molar-refractivity contribution is 0.275. The quantitative estimate of drug-likeness (QED) is 0.639. The summed E-state index contributed by atoms with van der Waals surface area (Å²) in [5, 5.41) is 1.36. The number of para-hydroxylation sites is 1. The van der Waals surface area contributed by atoms with Gasteiger partial charge in [-0.3, -0.25) is 0 Å². The second-order valence-electron chi connectivity index (χ2n) is 4.43. The third-order valence-corrected chi connectivity index (χ3v) is 2.50. The van der Waals surface area contributed by atoms with Crippen molar-refractivity contribution in [2.45, 2.75) is 6.42 Å². The van der Waals surface area contributed by atoms with Crippen LogP contribution in [0.1, 0.15) is 5.56 Å². The van der Waals surface area contributed by atoms with Crippen molar-refractivity contribution in [3.05, 3.63) is 36.0 Å². The van der Waals surface area contributed by atoms with Crippen LogP contribution in [-0.2, 0) is 11.0 Å². The van der Waals surface area contributed by atoms with Gasteiger partial charge in [0.05, 0.1) is 0 Å². The average molecular weight is 286 g/mol. The largest absolute Gasteiger partial charge is 0.466 e. The molecule has 0 bridgehead atoms. The van der Waals surface area contributed by atoms with Crippen LogP contribution in [0.25, 0.3) is 10.9 Å². The lowest BCUT2D eigenvalue weighted by atomic mass is 10.1. The van der Waals surface area contributed by atoms with E-state index in [0.29, 0.717) is 0 Å². The number of nitrogens with one attached hydrogen (secondary N) is 1. The van der Waals surface area contributed by atoms with Crippen LogP contribution < -0.4 is 0 Å². The van der Waals surface area contributed by atoms with Crippen LogP contribution >= 0.6 is 7.82 Å². The van der Waals surface area contributed by atoms with Crippen LogP contribution in [0.2, 0.25) is 0 Å². The Morgan fingerprint density at radius 1 is 1.21 bits per heavy atom. The maximum absolute atomic E-state index is 8.88. The highest BCUT2D eigenvalue weighted by atomic mass is 31.2. The number of rotatable bonds is 3. The highest BCUT2D eigenvalue weighted by Crippen LogP contribution is 2.25. The molecule has 0 aliphatic carbocycles. The van der Waals surface area contributed by atoms with Crippen LogP contribution in [0.4, 0.5) is 0 Å². The molecule has 1 heterocycles. The van der Waals surface area contributed by atoms with Crippen molar-refractivity contribution in [3.8, 4) is 0 Å². The summed E-state index contributed by atoms with van der Waals surface area (Å²) in [6, 6.07) is 8.45. The van der Waals surface area contributed by atoms with Gasteiger partial charge in [0.2, 0.25) is 0 Å². The van der Waals surface area contributed by atoms with Crippen molar-refractivity contribution in [3.63, 3.8) is 0 Å². The molecular formula is C12H19N2O4P. The Morgan fingerprint density at radius 3 is 2.37 bits per heavy atom. The van der Waals surface area contributed by atoms with Gasteiger partial charge in [-0.05, 0) is 32.1 Å². The summed E-state index contributed by atoms with van der Waals surface area (Å²) >= 11 is 0. The van der Waals surface area contributed by atoms with Gasteiger partial charge in [-0.15, -0.1) is 0 Å². The molecule has 0 unspecified atom stereocenters. The van der Waals surface area contributed by atoms with Gasteiger partial charge in [0.1, 0.15) is 0 Å². The van der Waals surface area contributed by atoms with Crippen LogP contribution in [0.3, 0.4) is 0 Å². The molecule has 4 N–H and O–H groups in total. The highest BCUT2D eigenvalue weighted by molar-refractivity contribution is 7.45. The standard InChI is InChI=1S/C12H16N2.H3O4P/c1-14(2)8-7-10-9-13-12-6-4-3-5-11(10)12;1-5(2,3)4/h3-6,9,13H,7-8H2,1-2H3;(H3,1,2,3,4). The summed E-state index contributed by atoms with van der Waals surface area (Å²) in [4.78, 5) is 27.1. The van der Waals surface area contributed by atoms with Gasteiger partial charge in [0.25, 0.3) is 0 Å². The summed E-state index contributed by atoms with van der Waals surface area (Å²) < 4.78 is 8.88. The first-order valence-corrected chi connectivity index (χ1v) is 7.32. The number of H-pyrrole nitrogens is 1. The topological polar surface area (TPSA) is 96.8 Å². The van der Waals surface area contributed by atoms with E-state index in [-0.39, 0.29) is 0 Å². The zero-order valence-electron chi connectivity index (χ0n) is 10.9. The van der Waals surface area contributed by atoms with Crippen LogP contribution in [-0.4, -0.2) is 45.2 Å². The van der Waals surface area contributed by atoms with E-state index in [9.17, 15) is 0 Å². The molecule has 0 amide bonds. The number of phosphoric acid groups is 1. The third-order valence-electron chi connectivity index (χ3n) is 2.50. The Balaban J connectivity index is 0.000000312. The number of hydrogen-bond donors (Lipinski definition) is 4. The van der Waals surface area contributed by atoms with Gasteiger partial charge in [0, 0.05) is 23.6 Å². The first kappa shape index (κ1) is 15.9. The van der Waals surface area contributed by atoms with E-state index in [4.69, 9.17) is 19.2 Å². The zero-order valence-corrected chi connectivity index (χ0v) is 11.8. The first-order valence-electron chi connectivity index (χ1n) is 5.75. The van der Waals surface area contributed by atoms with E-state index in [2.05, 4.69) is 54.4 Å². The van der Waals surface area contributed by atoms with E-state index in [1.165, 1.54) is 16.5 Å². The van der Waals surface area contributed by atoms with E-state index in [0.717, 1.165) is 13.0 Å². The lowest BCUT2D eigenvalue weighted by Crippen LogP contribution is -2.14. The molecule has 1 aromatic heterocycles. The van der Waals surface area contributed by atoms with Crippen molar-refractivity contribution < 1.29 is 19.2 Å². The molecule has 0 atom stereocenters. The van der Waals surface area contributed by atoms with E-state index in [1.807, 2.05) is 0 Å². The number of benzene rings is 1. The first-order chi connectivity index (χ1) is 8.77. The molecule has 0 saturated carbocycles. The number of fused-ring (bicyclic) bond motifs is 1. The number of aromatic amines is 1. The zero-order chi connectivity index (χ0) is 14.5. The molecule has 0 saturated heterocycles. The smallest absolute Gasteiger partial charge is 0.361 e. The Kier molecular flexibility index (Phi) is 5.72. The second-order valence-corrected chi connectivity index (χ2v) is 5.45. The van der Waals surface area contributed by atoms with Gasteiger partial charge in [-0.1, -0.05) is 18.2 Å². The van der Waals surface area contributed by atoms with E-state index in [1.54, 1.807) is 0 Å². The molecule has 0 aliphatic heterocycles. The van der Waals surface area contributed by atoms with Crippen molar-refractivity contribution in [2.24, 2.45) is 0 Å². The molecule has 0 radical (unpaired) electrons. The monoisotopic (exact) mass is 286 g/mol. The summed E-state index contributed by atoms with van der Waals surface area (Å²) in [6.07, 6.45) is 3.23. The number of aromatic nitrogens is 1. The molecule has 0 spiro atoms. The number of hydrogen-bond acceptors (Lipinski definition) is 2. The van der Waals surface area contributed by atoms with E-state index < -0.39 is 7.82 Å². The summed E-state index contributed by atoms with van der Waals surface area (Å²) in [7, 11) is -0.427. The molecule has 2 aromatic rings. The summed E-state index contributed by atoms with van der Waals surface area (Å²) in [5.74, 6) is 0. The van der Waals surface area contributed by atoms with Gasteiger partial charge in [0.15, 0.2) is 0 Å². The highest BCUT2D eigenvalue weighted by Gasteiger charge is 2.02. The van der Waals surface area contributed by atoms with Crippen molar-refractivity contribution in [1.29, 1.82) is 0 Å². The SMILES string of the molecule is CN(C)CCc1c[nH]c2ccccc12.O=P(O)(O)O. The minimum absolute atomic E-state index is 1.10. The maximum atomic E-state index is 8.88. The molecule has 19 heavy (non-hydrogen) atoms. The fraction of sp³-hybridized carbons (Fsp3) is 0.333. The molecule has 106 valence electrons. The molecule has 0 aliphatic rings. The Labute approximate surface area is 111 Å². The Morgan fingerprint density at radius 2 is 1.79 bits per heavy atom. The van der Waals surface area contributed by atoms with E-state index >= 15 is 0 Å². The molecule has 6 nitrogen and oxygen atoms in total. The van der Waals surface area contributed by atoms with Gasteiger partial charge < -0.3 is 24.6 Å². The van der Waals surface area contributed by atoms with Crippen molar-refractivity contribution in [1.82, 2.24) is 9.88 Å². The summed E-state index contributed by atoms with van der Waals surface area (Å²) in [6.45, 7) is 1.10. The van der Waals surface area contributed by atoms with Crippen LogP contribution in [0.15, 0.2) is 30.5 Å². The van der Waals surface area contributed by atoms with Crippen LogP contribution in [0, 0.1) is 0 Å². The minimum atomic E-state index is -4.64. The molecule has 2 rings (SSSR count). The maximum Gasteiger partial charge on any atom is 0.466 e. The molecule has 7 heteroatoms. The normalized spacial score (nSPS) is 11.5. The minimum Gasteiger partial charge on any atom is -0.361 e. The predicted molar refractivity (Wildman–Crippen MR) is 74.8 cm³/mol. The van der Waals surface area contributed by atoms with Gasteiger partial charge in [-0.2, -0.15) is 0 Å². The van der Waals surface area contributed by atoms with Crippen LogP contribution in [0.5, 0.6) is 0 Å². The van der Waals surface area contributed by atoms with Gasteiger partial charge in [-0.25, -0.2) is 4.57 Å².